The van der Waals surface area contributed by atoms with Gasteiger partial charge in [-0.15, -0.1) is 0 Å². The van der Waals surface area contributed by atoms with E-state index in [4.69, 9.17) is 46.4 Å². The van der Waals surface area contributed by atoms with Gasteiger partial charge < -0.3 is 26.9 Å². The van der Waals surface area contributed by atoms with Crippen LogP contribution in [0.15, 0.2) is 28.9 Å². The van der Waals surface area contributed by atoms with Crippen molar-refractivity contribution in [2.24, 2.45) is 17.2 Å². The second kappa shape index (κ2) is 11.2. The van der Waals surface area contributed by atoms with E-state index in [9.17, 15) is 14.0 Å². The fourth-order valence-corrected chi connectivity index (χ4v) is 3.18. The van der Waals surface area contributed by atoms with Crippen LogP contribution in [0, 0.1) is 22.8 Å². The molecule has 0 saturated carbocycles. The molecule has 1 aromatic heterocycles. The van der Waals surface area contributed by atoms with Gasteiger partial charge in [0.1, 0.15) is 10.5 Å². The summed E-state index contributed by atoms with van der Waals surface area (Å²) in [6.45, 7) is 3.39. The minimum absolute atomic E-state index is 0.243. The van der Waals surface area contributed by atoms with Crippen molar-refractivity contribution in [1.82, 2.24) is 4.98 Å². The summed E-state index contributed by atoms with van der Waals surface area (Å²) in [4.78, 5) is 23.9. The third-order valence-corrected chi connectivity index (χ3v) is 5.45. The number of pyridine rings is 1. The first-order valence-electron chi connectivity index (χ1n) is 8.30. The molecule has 2 atom stereocenters. The summed E-state index contributed by atoms with van der Waals surface area (Å²) in [5.41, 5.74) is 16.9. The van der Waals surface area contributed by atoms with E-state index >= 15 is 0 Å². The van der Waals surface area contributed by atoms with Gasteiger partial charge in [0.05, 0.1) is 16.6 Å². The van der Waals surface area contributed by atoms with Crippen LogP contribution in [0.3, 0.4) is 0 Å². The Hall–Kier alpha value is -2.34. The first-order valence-corrected chi connectivity index (χ1v) is 9.88. The van der Waals surface area contributed by atoms with Gasteiger partial charge in [0, 0.05) is 16.6 Å². The molecule has 0 saturated heterocycles. The summed E-state index contributed by atoms with van der Waals surface area (Å²) in [6.07, 6.45) is 0.384. The lowest BCUT2D eigenvalue weighted by Crippen LogP contribution is -2.39. The largest absolute Gasteiger partial charge is 0.411 e. The van der Waals surface area contributed by atoms with Gasteiger partial charge in [0.2, 0.25) is 5.90 Å². The fraction of sp³-hybridized carbons (Fsp3) is 0.222. The number of aromatic nitrogens is 1. The minimum atomic E-state index is -1.11. The van der Waals surface area contributed by atoms with Gasteiger partial charge in [0.25, 0.3) is 5.91 Å². The van der Waals surface area contributed by atoms with Crippen molar-refractivity contribution < 1.29 is 18.7 Å². The standard InChI is InChI=1S/C12H15BrFN3O2.C6H5ClN2OS/c1-5-7(13)3-4-8(14)9(5)6(2)10(15)11(16)19-12(17)18;7-3-1-4(5(8)10)6(11)9-2-3/h3-4,6,10,16H,15H2,1-2H3,(H2,17,18);1-2H,(H2,8,10)(H,9,11). The smallest absolute Gasteiger partial charge is 0.394 e. The highest BCUT2D eigenvalue weighted by atomic mass is 79.9. The zero-order valence-electron chi connectivity index (χ0n) is 16.0. The van der Waals surface area contributed by atoms with Crippen molar-refractivity contribution in [1.29, 1.82) is 5.41 Å². The second-order valence-corrected chi connectivity index (χ2v) is 7.79. The van der Waals surface area contributed by atoms with Crippen LogP contribution in [0.25, 0.3) is 0 Å². The molecule has 0 aliphatic heterocycles. The molecule has 0 aliphatic carbocycles. The molecule has 8 N–H and O–H groups in total. The summed E-state index contributed by atoms with van der Waals surface area (Å²) >= 11 is 13.7. The molecule has 0 bridgehead atoms. The third-order valence-electron chi connectivity index (χ3n) is 4.04. The van der Waals surface area contributed by atoms with E-state index in [2.05, 4.69) is 25.7 Å². The van der Waals surface area contributed by atoms with Gasteiger partial charge in [0.15, 0.2) is 0 Å². The Labute approximate surface area is 190 Å². The summed E-state index contributed by atoms with van der Waals surface area (Å²) in [7, 11) is 0. The number of carbonyl (C=O) groups is 2. The number of amides is 2. The number of ether oxygens (including phenoxy) is 1. The van der Waals surface area contributed by atoms with E-state index in [1.807, 2.05) is 0 Å². The van der Waals surface area contributed by atoms with Crippen LogP contribution >= 0.6 is 39.7 Å². The van der Waals surface area contributed by atoms with Gasteiger partial charge >= 0.3 is 6.09 Å². The van der Waals surface area contributed by atoms with Crippen LogP contribution in [0.1, 0.15) is 34.3 Å². The molecule has 8 nitrogen and oxygen atoms in total. The maximum absolute atomic E-state index is 13.9. The quantitative estimate of drug-likeness (QED) is 0.234. The maximum atomic E-state index is 13.9. The normalized spacial score (nSPS) is 12.2. The van der Waals surface area contributed by atoms with Crippen LogP contribution < -0.4 is 17.2 Å². The van der Waals surface area contributed by atoms with E-state index in [-0.39, 0.29) is 5.56 Å². The molecule has 2 unspecified atom stereocenters. The minimum Gasteiger partial charge on any atom is -0.394 e. The number of nitrogens with one attached hydrogen (secondary N) is 2. The molecule has 0 radical (unpaired) electrons. The van der Waals surface area contributed by atoms with Crippen molar-refractivity contribution >= 4 is 57.6 Å². The lowest BCUT2D eigenvalue weighted by atomic mass is 9.90. The van der Waals surface area contributed by atoms with Crippen molar-refractivity contribution in [2.75, 3.05) is 0 Å². The Morgan fingerprint density at radius 1 is 1.37 bits per heavy atom. The summed E-state index contributed by atoms with van der Waals surface area (Å²) in [5.74, 6) is -2.02. The number of hydrogen-bond acceptors (Lipinski definition) is 6. The third kappa shape index (κ3) is 6.87. The number of benzene rings is 1. The number of H-pyrrole nitrogens is 1. The van der Waals surface area contributed by atoms with Crippen LogP contribution in [0.5, 0.6) is 0 Å². The van der Waals surface area contributed by atoms with Crippen LogP contribution in [0.2, 0.25) is 5.02 Å². The summed E-state index contributed by atoms with van der Waals surface area (Å²) in [5, 5.41) is 7.93. The molecule has 1 aromatic carbocycles. The summed E-state index contributed by atoms with van der Waals surface area (Å²) < 4.78 is 19.4. The Kier molecular flexibility index (Phi) is 9.56. The molecule has 0 aliphatic rings. The van der Waals surface area contributed by atoms with E-state index in [1.165, 1.54) is 18.3 Å². The Bertz CT molecular complexity index is 1030. The van der Waals surface area contributed by atoms with Crippen LogP contribution in [0.4, 0.5) is 9.18 Å². The number of carbonyl (C=O) groups excluding carboxylic acids is 2. The Morgan fingerprint density at radius 2 is 1.97 bits per heavy atom. The maximum Gasteiger partial charge on any atom is 0.411 e. The van der Waals surface area contributed by atoms with Crippen molar-refractivity contribution in [3.63, 3.8) is 0 Å². The molecule has 1 heterocycles. The number of aromatic amines is 1. The van der Waals surface area contributed by atoms with E-state index < -0.39 is 35.7 Å². The van der Waals surface area contributed by atoms with Crippen molar-refractivity contribution in [3.8, 4) is 0 Å². The number of nitrogens with two attached hydrogens (primary N) is 3. The van der Waals surface area contributed by atoms with E-state index in [0.29, 0.717) is 20.8 Å². The fourth-order valence-electron chi connectivity index (χ4n) is 2.45. The number of rotatable bonds is 4. The monoisotopic (exact) mass is 519 g/mol. The number of primary amides is 2. The highest BCUT2D eigenvalue weighted by Crippen LogP contribution is 2.30. The average Bonchev–Trinajstić information content (AvgIpc) is 2.66. The number of halogens is 3. The van der Waals surface area contributed by atoms with Crippen molar-refractivity contribution in [2.45, 2.75) is 25.8 Å². The topological polar surface area (TPSA) is 161 Å². The van der Waals surface area contributed by atoms with Gasteiger partial charge in [-0.1, -0.05) is 46.7 Å². The zero-order valence-corrected chi connectivity index (χ0v) is 19.1. The predicted molar refractivity (Wildman–Crippen MR) is 119 cm³/mol. The van der Waals surface area contributed by atoms with Gasteiger partial charge in [-0.2, -0.15) is 0 Å². The Morgan fingerprint density at radius 3 is 2.47 bits per heavy atom. The molecule has 2 amide bonds. The molecule has 0 spiro atoms. The Balaban J connectivity index is 0.000000346. The van der Waals surface area contributed by atoms with Gasteiger partial charge in [-0.25, -0.2) is 9.18 Å². The van der Waals surface area contributed by atoms with Gasteiger partial charge in [-0.05, 0) is 36.2 Å². The summed E-state index contributed by atoms with van der Waals surface area (Å²) in [6, 6.07) is 3.38. The molecule has 12 heteroatoms. The molecular weight excluding hydrogens is 501 g/mol. The average molecular weight is 521 g/mol. The first kappa shape index (κ1) is 25.7. The molecule has 2 rings (SSSR count). The molecule has 2 aromatic rings. The molecule has 30 heavy (non-hydrogen) atoms. The molecule has 0 fully saturated rings. The van der Waals surface area contributed by atoms with E-state index in [0.717, 1.165) is 4.47 Å². The zero-order chi connectivity index (χ0) is 23.2. The lowest BCUT2D eigenvalue weighted by Gasteiger charge is -2.22. The molecule has 162 valence electrons. The highest BCUT2D eigenvalue weighted by Gasteiger charge is 2.26. The predicted octanol–water partition coefficient (Wildman–Crippen LogP) is 3.90. The highest BCUT2D eigenvalue weighted by molar-refractivity contribution is 9.10. The van der Waals surface area contributed by atoms with Crippen molar-refractivity contribution in [3.05, 3.63) is 61.0 Å². The van der Waals surface area contributed by atoms with Crippen LogP contribution in [-0.2, 0) is 4.74 Å². The van der Waals surface area contributed by atoms with Gasteiger partial charge in [-0.3, -0.25) is 10.2 Å². The first-order chi connectivity index (χ1) is 13.9. The van der Waals surface area contributed by atoms with Crippen LogP contribution in [-0.4, -0.2) is 28.9 Å². The lowest BCUT2D eigenvalue weighted by molar-refractivity contribution is 0.0999. The molecular formula is C18H20BrClFN5O3S. The second-order valence-electron chi connectivity index (χ2n) is 6.09. The SMILES string of the molecule is Cc1c(Br)ccc(F)c1C(C)C(N)C(=N)OC(N)=O.NC(=O)c1cc(Cl)c[nH]c1=S. The van der Waals surface area contributed by atoms with E-state index in [1.54, 1.807) is 19.9 Å². The number of hydrogen-bond donors (Lipinski definition) is 5.